The van der Waals surface area contributed by atoms with Crippen LogP contribution in [0.15, 0.2) is 27.5 Å². The van der Waals surface area contributed by atoms with E-state index in [-0.39, 0.29) is 10.5 Å². The van der Waals surface area contributed by atoms with Gasteiger partial charge in [0, 0.05) is 19.7 Å². The smallest absolute Gasteiger partial charge is 0.273 e. The second-order valence-electron chi connectivity index (χ2n) is 6.44. The number of amides is 2. The third kappa shape index (κ3) is 4.20. The van der Waals surface area contributed by atoms with Gasteiger partial charge in [0.15, 0.2) is 0 Å². The van der Waals surface area contributed by atoms with Crippen LogP contribution in [0.5, 0.6) is 0 Å². The molecule has 0 fully saturated rings. The lowest BCUT2D eigenvalue weighted by Crippen LogP contribution is -2.41. The summed E-state index contributed by atoms with van der Waals surface area (Å²) in [4.78, 5) is 24.6. The Morgan fingerprint density at radius 3 is 2.07 bits per heavy atom. The molecule has 9 heteroatoms. The number of aryl methyl sites for hydroxylation is 3. The van der Waals surface area contributed by atoms with Crippen LogP contribution in [-0.4, -0.2) is 38.6 Å². The van der Waals surface area contributed by atoms with E-state index in [0.29, 0.717) is 28.2 Å². The summed E-state index contributed by atoms with van der Waals surface area (Å²) in [6, 6.07) is 4.43. The minimum Gasteiger partial charge on any atom is -0.466 e. The van der Waals surface area contributed by atoms with E-state index in [2.05, 4.69) is 10.9 Å². The van der Waals surface area contributed by atoms with Gasteiger partial charge in [-0.05, 0) is 57.0 Å². The zero-order valence-corrected chi connectivity index (χ0v) is 16.9. The second-order valence-corrected chi connectivity index (χ2v) is 8.56. The monoisotopic (exact) mass is 393 g/mol. The number of furan rings is 1. The van der Waals surface area contributed by atoms with Crippen molar-refractivity contribution >= 4 is 21.8 Å². The molecule has 2 aromatic rings. The van der Waals surface area contributed by atoms with Crippen molar-refractivity contribution in [1.82, 2.24) is 15.2 Å². The maximum Gasteiger partial charge on any atom is 0.273 e. The number of carbonyl (C=O) groups excluding carboxylic acids is 2. The van der Waals surface area contributed by atoms with Gasteiger partial charge in [0.1, 0.15) is 11.5 Å². The topological polar surface area (TPSA) is 109 Å². The molecule has 0 saturated heterocycles. The van der Waals surface area contributed by atoms with E-state index in [0.717, 1.165) is 4.31 Å². The van der Waals surface area contributed by atoms with E-state index < -0.39 is 21.8 Å². The Morgan fingerprint density at radius 1 is 0.963 bits per heavy atom. The molecule has 1 aromatic heterocycles. The van der Waals surface area contributed by atoms with Crippen LogP contribution in [0.4, 0.5) is 0 Å². The highest BCUT2D eigenvalue weighted by Gasteiger charge is 2.23. The largest absolute Gasteiger partial charge is 0.466 e. The first-order valence-corrected chi connectivity index (χ1v) is 9.60. The molecule has 0 aliphatic carbocycles. The quantitative estimate of drug-likeness (QED) is 0.771. The van der Waals surface area contributed by atoms with Crippen molar-refractivity contribution in [2.45, 2.75) is 32.6 Å². The lowest BCUT2D eigenvalue weighted by molar-refractivity contribution is 0.0845. The van der Waals surface area contributed by atoms with Crippen molar-refractivity contribution in [1.29, 1.82) is 0 Å². The number of hydrogen-bond donors (Lipinski definition) is 2. The highest BCUT2D eigenvalue weighted by Crippen LogP contribution is 2.23. The lowest BCUT2D eigenvalue weighted by Gasteiger charge is -2.16. The van der Waals surface area contributed by atoms with Gasteiger partial charge < -0.3 is 4.42 Å². The minimum atomic E-state index is -3.71. The summed E-state index contributed by atoms with van der Waals surface area (Å²) in [6.45, 7) is 6.76. The third-order valence-electron chi connectivity index (χ3n) is 4.22. The summed E-state index contributed by atoms with van der Waals surface area (Å²) in [5.74, 6) is -0.136. The van der Waals surface area contributed by atoms with E-state index in [1.807, 2.05) is 0 Å². The highest BCUT2D eigenvalue weighted by atomic mass is 32.2. The third-order valence-corrected chi connectivity index (χ3v) is 6.16. The first kappa shape index (κ1) is 20.7. The summed E-state index contributed by atoms with van der Waals surface area (Å²) in [5.41, 5.74) is 6.25. The normalized spacial score (nSPS) is 11.5. The summed E-state index contributed by atoms with van der Waals surface area (Å²) >= 11 is 0. The number of hydrazine groups is 1. The van der Waals surface area contributed by atoms with Crippen LogP contribution >= 0.6 is 0 Å². The van der Waals surface area contributed by atoms with E-state index in [1.165, 1.54) is 20.2 Å². The maximum absolute atomic E-state index is 12.5. The molecule has 2 amide bonds. The zero-order chi connectivity index (χ0) is 20.5. The molecule has 27 heavy (non-hydrogen) atoms. The summed E-state index contributed by atoms with van der Waals surface area (Å²) in [7, 11) is -0.864. The SMILES string of the molecule is Cc1cc(C(=O)NNC(=O)c2cc(C)c(C)c(S(=O)(=O)N(C)C)c2)c(C)o1. The van der Waals surface area contributed by atoms with Crippen molar-refractivity contribution in [2.75, 3.05) is 14.1 Å². The van der Waals surface area contributed by atoms with E-state index in [9.17, 15) is 18.0 Å². The molecule has 0 saturated carbocycles. The molecule has 146 valence electrons. The Hall–Kier alpha value is -2.65. The molecule has 0 spiro atoms. The Morgan fingerprint density at radius 2 is 1.56 bits per heavy atom. The second kappa shape index (κ2) is 7.53. The maximum atomic E-state index is 12.5. The molecule has 1 heterocycles. The van der Waals surface area contributed by atoms with E-state index in [1.54, 1.807) is 39.8 Å². The van der Waals surface area contributed by atoms with E-state index in [4.69, 9.17) is 4.42 Å². The minimum absolute atomic E-state index is 0.0466. The van der Waals surface area contributed by atoms with Gasteiger partial charge in [-0.2, -0.15) is 0 Å². The molecule has 2 N–H and O–H groups in total. The highest BCUT2D eigenvalue weighted by molar-refractivity contribution is 7.89. The fourth-order valence-electron chi connectivity index (χ4n) is 2.53. The van der Waals surface area contributed by atoms with Crippen LogP contribution in [0.3, 0.4) is 0 Å². The number of nitrogens with one attached hydrogen (secondary N) is 2. The zero-order valence-electron chi connectivity index (χ0n) is 16.1. The molecule has 0 bridgehead atoms. The average Bonchev–Trinajstić information content (AvgIpc) is 2.92. The van der Waals surface area contributed by atoms with Gasteiger partial charge in [-0.1, -0.05) is 0 Å². The number of hydrogen-bond acceptors (Lipinski definition) is 5. The molecular weight excluding hydrogens is 370 g/mol. The first-order chi connectivity index (χ1) is 12.4. The molecule has 0 aliphatic heterocycles. The number of nitrogens with zero attached hydrogens (tertiary/aromatic N) is 1. The van der Waals surface area contributed by atoms with Gasteiger partial charge in [0.05, 0.1) is 10.5 Å². The lowest BCUT2D eigenvalue weighted by atomic mass is 10.1. The van der Waals surface area contributed by atoms with Crippen molar-refractivity contribution in [3.63, 3.8) is 0 Å². The van der Waals surface area contributed by atoms with Crippen LogP contribution in [0.25, 0.3) is 0 Å². The first-order valence-electron chi connectivity index (χ1n) is 8.16. The van der Waals surface area contributed by atoms with Gasteiger partial charge >= 0.3 is 0 Å². The number of sulfonamides is 1. The van der Waals surface area contributed by atoms with Crippen LogP contribution in [0, 0.1) is 27.7 Å². The van der Waals surface area contributed by atoms with Gasteiger partial charge in [0.25, 0.3) is 11.8 Å². The Kier molecular flexibility index (Phi) is 5.76. The molecular formula is C18H23N3O5S. The molecule has 2 rings (SSSR count). The van der Waals surface area contributed by atoms with Gasteiger partial charge in [-0.15, -0.1) is 0 Å². The summed E-state index contributed by atoms with van der Waals surface area (Å²) in [5, 5.41) is 0. The molecule has 0 unspecified atom stereocenters. The van der Waals surface area contributed by atoms with Crippen molar-refractivity contribution in [3.05, 3.63) is 52.0 Å². The Bertz CT molecular complexity index is 1010. The predicted molar refractivity (Wildman–Crippen MR) is 99.9 cm³/mol. The summed E-state index contributed by atoms with van der Waals surface area (Å²) < 4.78 is 31.3. The Balaban J connectivity index is 2.25. The number of rotatable bonds is 4. The molecule has 0 aliphatic rings. The fourth-order valence-corrected chi connectivity index (χ4v) is 3.75. The molecule has 1 aromatic carbocycles. The van der Waals surface area contributed by atoms with Crippen LogP contribution in [0.1, 0.15) is 43.4 Å². The predicted octanol–water partition coefficient (Wildman–Crippen LogP) is 1.84. The van der Waals surface area contributed by atoms with Crippen LogP contribution in [0.2, 0.25) is 0 Å². The number of benzene rings is 1. The van der Waals surface area contributed by atoms with Gasteiger partial charge in [-0.25, -0.2) is 12.7 Å². The average molecular weight is 393 g/mol. The van der Waals surface area contributed by atoms with Crippen molar-refractivity contribution in [3.8, 4) is 0 Å². The molecule has 8 nitrogen and oxygen atoms in total. The summed E-state index contributed by atoms with van der Waals surface area (Å²) in [6.07, 6.45) is 0. The van der Waals surface area contributed by atoms with E-state index >= 15 is 0 Å². The van der Waals surface area contributed by atoms with Crippen molar-refractivity contribution < 1.29 is 22.4 Å². The fraction of sp³-hybridized carbons (Fsp3) is 0.333. The molecule has 0 radical (unpaired) electrons. The van der Waals surface area contributed by atoms with Crippen LogP contribution < -0.4 is 10.9 Å². The molecule has 0 atom stereocenters. The van der Waals surface area contributed by atoms with Gasteiger partial charge in [-0.3, -0.25) is 20.4 Å². The number of carbonyl (C=O) groups is 2. The van der Waals surface area contributed by atoms with Gasteiger partial charge in [0.2, 0.25) is 10.0 Å². The Labute approximate surface area is 158 Å². The standard InChI is InChI=1S/C18H23N3O5S/c1-10-7-14(9-16(12(10)3)27(24,25)21(5)6)17(22)19-20-18(23)15-8-11(2)26-13(15)4/h7-9H,1-6H3,(H,19,22)(H,20,23). The van der Waals surface area contributed by atoms with Crippen LogP contribution in [-0.2, 0) is 10.0 Å². The van der Waals surface area contributed by atoms with Crippen molar-refractivity contribution in [2.24, 2.45) is 0 Å².